The van der Waals surface area contributed by atoms with Crippen molar-refractivity contribution < 1.29 is 19.4 Å². The molecule has 7 heteroatoms. The molecule has 0 unspecified atom stereocenters. The fourth-order valence-corrected chi connectivity index (χ4v) is 4.34. The largest absolute Gasteiger partial charge is 0.507 e. The molecule has 160 valence electrons. The number of ether oxygens (including phenoxy) is 1. The molecule has 1 aromatic heterocycles. The zero-order chi connectivity index (χ0) is 21.7. The van der Waals surface area contributed by atoms with Crippen LogP contribution >= 0.6 is 11.3 Å². The Morgan fingerprint density at radius 2 is 1.93 bits per heavy atom. The molecule has 1 amide bonds. The summed E-state index contributed by atoms with van der Waals surface area (Å²) >= 11 is 1.47. The summed E-state index contributed by atoms with van der Waals surface area (Å²) in [6.07, 6.45) is 1.64. The Labute approximate surface area is 181 Å². The number of carbonyl (C=O) groups excluding carboxylic acids is 2. The lowest BCUT2D eigenvalue weighted by Gasteiger charge is -2.24. The third-order valence-corrected chi connectivity index (χ3v) is 5.88. The fraction of sp³-hybridized carbons (Fsp3) is 0.391. The molecule has 6 nitrogen and oxygen atoms in total. The molecule has 1 atom stereocenters. The molecule has 0 saturated carbocycles. The maximum absolute atomic E-state index is 12.9. The Bertz CT molecular complexity index is 904. The number of carbonyl (C=O) groups is 2. The van der Waals surface area contributed by atoms with Crippen molar-refractivity contribution in [3.63, 3.8) is 0 Å². The van der Waals surface area contributed by atoms with Crippen LogP contribution in [-0.2, 0) is 9.59 Å². The van der Waals surface area contributed by atoms with Crippen molar-refractivity contribution in [3.8, 4) is 5.75 Å². The minimum Gasteiger partial charge on any atom is -0.507 e. The van der Waals surface area contributed by atoms with Gasteiger partial charge in [-0.2, -0.15) is 0 Å². The zero-order valence-electron chi connectivity index (χ0n) is 17.6. The van der Waals surface area contributed by atoms with Crippen molar-refractivity contribution >= 4 is 28.8 Å². The first kappa shape index (κ1) is 22.1. The summed E-state index contributed by atoms with van der Waals surface area (Å²) in [5.74, 6) is -0.644. The summed E-state index contributed by atoms with van der Waals surface area (Å²) < 4.78 is 5.58. The van der Waals surface area contributed by atoms with Crippen LogP contribution in [0.25, 0.3) is 5.76 Å². The molecule has 1 fully saturated rings. The van der Waals surface area contributed by atoms with Crippen LogP contribution < -0.4 is 4.74 Å². The molecular formula is C23H28N2O4S. The van der Waals surface area contributed by atoms with Gasteiger partial charge in [-0.05, 0) is 69.2 Å². The number of ketones is 1. The van der Waals surface area contributed by atoms with E-state index >= 15 is 0 Å². The zero-order valence-corrected chi connectivity index (χ0v) is 18.4. The van der Waals surface area contributed by atoms with Crippen molar-refractivity contribution in [2.75, 3.05) is 33.8 Å². The number of hydrogen-bond donors (Lipinski definition) is 1. The van der Waals surface area contributed by atoms with E-state index in [1.807, 2.05) is 43.4 Å². The number of benzene rings is 1. The van der Waals surface area contributed by atoms with Gasteiger partial charge in [0.2, 0.25) is 0 Å². The second-order valence-corrected chi connectivity index (χ2v) is 8.52. The topological polar surface area (TPSA) is 70.1 Å². The molecule has 30 heavy (non-hydrogen) atoms. The second-order valence-electron chi connectivity index (χ2n) is 7.54. The standard InChI is InChI=1S/C23H28N2O4S/c1-4-14-29-17-10-8-16(9-11-17)21(26)19-20(18-7-5-15-30-18)25(23(28)22(19)27)13-6-12-24(2)3/h5,7-11,15,20,26H,4,6,12-14H2,1-3H3/b21-19+/t20-/m1/s1. The molecule has 1 aliphatic heterocycles. The number of likely N-dealkylation sites (tertiary alicyclic amines) is 1. The lowest BCUT2D eigenvalue weighted by atomic mass is 10.00. The Kier molecular flexibility index (Phi) is 7.29. The fourth-order valence-electron chi connectivity index (χ4n) is 3.50. The van der Waals surface area contributed by atoms with Crippen molar-refractivity contribution in [2.24, 2.45) is 0 Å². The SMILES string of the molecule is CCCOc1ccc(/C(O)=C2\C(=O)C(=O)N(CCCN(C)C)[C@@H]2c2cccs2)cc1. The quantitative estimate of drug-likeness (QED) is 0.373. The molecule has 1 aromatic carbocycles. The first-order chi connectivity index (χ1) is 14.4. The van der Waals surface area contributed by atoms with Gasteiger partial charge in [0, 0.05) is 17.0 Å². The number of thiophene rings is 1. The summed E-state index contributed by atoms with van der Waals surface area (Å²) in [5, 5.41) is 12.9. The van der Waals surface area contributed by atoms with E-state index in [1.165, 1.54) is 11.3 Å². The summed E-state index contributed by atoms with van der Waals surface area (Å²) in [6, 6.07) is 10.2. The first-order valence-corrected chi connectivity index (χ1v) is 11.0. The van der Waals surface area contributed by atoms with Gasteiger partial charge >= 0.3 is 0 Å². The predicted octanol–water partition coefficient (Wildman–Crippen LogP) is 3.91. The Morgan fingerprint density at radius 3 is 2.53 bits per heavy atom. The molecule has 1 saturated heterocycles. The molecular weight excluding hydrogens is 400 g/mol. The van der Waals surface area contributed by atoms with Gasteiger partial charge in [0.05, 0.1) is 18.2 Å². The smallest absolute Gasteiger partial charge is 0.295 e. The van der Waals surface area contributed by atoms with Gasteiger partial charge in [-0.1, -0.05) is 13.0 Å². The molecule has 0 spiro atoms. The highest BCUT2D eigenvalue weighted by Gasteiger charge is 2.46. The van der Waals surface area contributed by atoms with Gasteiger partial charge < -0.3 is 19.6 Å². The third kappa shape index (κ3) is 4.74. The van der Waals surface area contributed by atoms with E-state index in [0.29, 0.717) is 24.5 Å². The molecule has 0 radical (unpaired) electrons. The Morgan fingerprint density at radius 1 is 1.20 bits per heavy atom. The minimum absolute atomic E-state index is 0.148. The normalized spacial score (nSPS) is 18.4. The van der Waals surface area contributed by atoms with Gasteiger partial charge in [-0.15, -0.1) is 11.3 Å². The van der Waals surface area contributed by atoms with Gasteiger partial charge in [-0.3, -0.25) is 9.59 Å². The highest BCUT2D eigenvalue weighted by molar-refractivity contribution is 7.10. The van der Waals surface area contributed by atoms with Crippen molar-refractivity contribution in [1.29, 1.82) is 0 Å². The summed E-state index contributed by atoms with van der Waals surface area (Å²) in [6.45, 7) is 3.90. The van der Waals surface area contributed by atoms with Crippen LogP contribution in [0.2, 0.25) is 0 Å². The summed E-state index contributed by atoms with van der Waals surface area (Å²) in [5.41, 5.74) is 0.640. The average Bonchev–Trinajstić information content (AvgIpc) is 3.34. The van der Waals surface area contributed by atoms with Crippen LogP contribution in [0.1, 0.15) is 36.2 Å². The Hall–Kier alpha value is -2.64. The highest BCUT2D eigenvalue weighted by atomic mass is 32.1. The number of aliphatic hydroxyl groups excluding tert-OH is 1. The molecule has 0 aliphatic carbocycles. The van der Waals surface area contributed by atoms with Crippen LogP contribution in [0.5, 0.6) is 5.75 Å². The number of rotatable bonds is 9. The monoisotopic (exact) mass is 428 g/mol. The lowest BCUT2D eigenvalue weighted by Crippen LogP contribution is -2.32. The van der Waals surface area contributed by atoms with Gasteiger partial charge in [-0.25, -0.2) is 0 Å². The predicted molar refractivity (Wildman–Crippen MR) is 119 cm³/mol. The van der Waals surface area contributed by atoms with Crippen LogP contribution in [0.15, 0.2) is 47.4 Å². The van der Waals surface area contributed by atoms with E-state index in [0.717, 1.165) is 24.3 Å². The number of aliphatic hydroxyl groups is 1. The minimum atomic E-state index is -0.637. The third-order valence-electron chi connectivity index (χ3n) is 4.96. The van der Waals surface area contributed by atoms with Gasteiger partial charge in [0.1, 0.15) is 11.5 Å². The van der Waals surface area contributed by atoms with E-state index in [4.69, 9.17) is 4.74 Å². The van der Waals surface area contributed by atoms with E-state index in [2.05, 4.69) is 0 Å². The first-order valence-electron chi connectivity index (χ1n) is 10.1. The summed E-state index contributed by atoms with van der Waals surface area (Å²) in [7, 11) is 3.94. The molecule has 3 rings (SSSR count). The molecule has 2 aromatic rings. The van der Waals surface area contributed by atoms with Crippen LogP contribution in [0, 0.1) is 0 Å². The molecule has 1 aliphatic rings. The van der Waals surface area contributed by atoms with Crippen LogP contribution in [0.4, 0.5) is 0 Å². The van der Waals surface area contributed by atoms with E-state index in [-0.39, 0.29) is 11.3 Å². The van der Waals surface area contributed by atoms with Crippen molar-refractivity contribution in [2.45, 2.75) is 25.8 Å². The molecule has 0 bridgehead atoms. The highest BCUT2D eigenvalue weighted by Crippen LogP contribution is 2.41. The maximum atomic E-state index is 12.9. The van der Waals surface area contributed by atoms with Crippen molar-refractivity contribution in [3.05, 3.63) is 57.8 Å². The molecule has 2 heterocycles. The number of hydrogen-bond acceptors (Lipinski definition) is 6. The van der Waals surface area contributed by atoms with Gasteiger partial charge in [0.15, 0.2) is 0 Å². The number of Topliss-reactive ketones (excluding diaryl/α,β-unsaturated/α-hetero) is 1. The Balaban J connectivity index is 1.95. The maximum Gasteiger partial charge on any atom is 0.295 e. The van der Waals surface area contributed by atoms with E-state index in [9.17, 15) is 14.7 Å². The van der Waals surface area contributed by atoms with Crippen LogP contribution in [0.3, 0.4) is 0 Å². The van der Waals surface area contributed by atoms with Crippen LogP contribution in [-0.4, -0.2) is 60.4 Å². The van der Waals surface area contributed by atoms with E-state index < -0.39 is 17.7 Å². The second kappa shape index (κ2) is 9.91. The van der Waals surface area contributed by atoms with Gasteiger partial charge in [0.25, 0.3) is 11.7 Å². The lowest BCUT2D eigenvalue weighted by molar-refractivity contribution is -0.139. The van der Waals surface area contributed by atoms with Crippen molar-refractivity contribution in [1.82, 2.24) is 9.80 Å². The average molecular weight is 429 g/mol. The summed E-state index contributed by atoms with van der Waals surface area (Å²) in [4.78, 5) is 30.2. The molecule has 1 N–H and O–H groups in total. The number of amides is 1. The van der Waals surface area contributed by atoms with E-state index in [1.54, 1.807) is 29.2 Å². The number of nitrogens with zero attached hydrogens (tertiary/aromatic N) is 2.